The molecule has 4 aromatic rings. The van der Waals surface area contributed by atoms with Crippen LogP contribution < -0.4 is 10.2 Å². The molecule has 15 heteroatoms. The van der Waals surface area contributed by atoms with Gasteiger partial charge in [-0.15, -0.1) is 0 Å². The van der Waals surface area contributed by atoms with E-state index in [1.54, 1.807) is 0 Å². The summed E-state index contributed by atoms with van der Waals surface area (Å²) in [6.07, 6.45) is -6.92. The summed E-state index contributed by atoms with van der Waals surface area (Å²) in [7, 11) is 1.28. The van der Waals surface area contributed by atoms with E-state index in [-0.39, 0.29) is 33.6 Å². The van der Waals surface area contributed by atoms with Crippen molar-refractivity contribution < 1.29 is 35.9 Å². The molecule has 4 rings (SSSR count). The zero-order chi connectivity index (χ0) is 30.1. The van der Waals surface area contributed by atoms with Crippen molar-refractivity contribution in [1.82, 2.24) is 19.7 Å². The van der Waals surface area contributed by atoms with Gasteiger partial charge in [0.1, 0.15) is 5.82 Å². The van der Waals surface area contributed by atoms with Crippen molar-refractivity contribution >= 4 is 34.9 Å². The lowest BCUT2D eigenvalue weighted by Crippen LogP contribution is -2.32. The van der Waals surface area contributed by atoms with Gasteiger partial charge in [0.05, 0.1) is 17.2 Å². The van der Waals surface area contributed by atoms with Crippen LogP contribution in [0.5, 0.6) is 0 Å². The molecule has 0 bridgehead atoms. The SMILES string of the molecule is CC(C(=O)N(C)c1cc(C(F)(F)F)nn1-c1cccc(Cl)c1)c1cnc(C(=O)Nc2ccc(C(F)(F)F)cc2)nc1. The first-order valence-electron chi connectivity index (χ1n) is 11.7. The van der Waals surface area contributed by atoms with Crippen LogP contribution in [0.25, 0.3) is 5.69 Å². The van der Waals surface area contributed by atoms with Gasteiger partial charge in [-0.2, -0.15) is 31.4 Å². The van der Waals surface area contributed by atoms with Crippen LogP contribution in [0.1, 0.15) is 40.3 Å². The average Bonchev–Trinajstić information content (AvgIpc) is 3.38. The predicted octanol–water partition coefficient (Wildman–Crippen LogP) is 6.37. The van der Waals surface area contributed by atoms with Crippen molar-refractivity contribution in [1.29, 1.82) is 0 Å². The van der Waals surface area contributed by atoms with Crippen LogP contribution in [-0.4, -0.2) is 38.6 Å². The van der Waals surface area contributed by atoms with Gasteiger partial charge in [0, 0.05) is 41.8 Å². The first-order valence-corrected chi connectivity index (χ1v) is 12.0. The molecule has 2 heterocycles. The number of halogens is 7. The second-order valence-electron chi connectivity index (χ2n) is 8.77. The monoisotopic (exact) mass is 596 g/mol. The van der Waals surface area contributed by atoms with E-state index in [1.165, 1.54) is 50.6 Å². The number of alkyl halides is 6. The Bertz CT molecular complexity index is 1570. The second kappa shape index (κ2) is 11.2. The minimum absolute atomic E-state index is 0.0791. The highest BCUT2D eigenvalue weighted by Gasteiger charge is 2.37. The third kappa shape index (κ3) is 6.65. The Labute approximate surface area is 233 Å². The summed E-state index contributed by atoms with van der Waals surface area (Å²) in [5, 5.41) is 6.25. The standard InChI is InChI=1S/C26H19ClF6N6O2/c1-14(15-12-34-22(35-13-15)23(40)36-18-8-6-16(7-9-18)25(28,29)30)24(41)38(2)21-11-20(26(31,32)33)37-39(21)19-5-3-4-17(27)10-19/h3-14H,1-2H3,(H,36,40). The van der Waals surface area contributed by atoms with Gasteiger partial charge in [0.25, 0.3) is 5.91 Å². The third-order valence-corrected chi connectivity index (χ3v) is 6.16. The number of hydrogen-bond donors (Lipinski definition) is 1. The number of benzene rings is 2. The number of hydrogen-bond acceptors (Lipinski definition) is 5. The topological polar surface area (TPSA) is 93.0 Å². The fraction of sp³-hybridized carbons (Fsp3) is 0.192. The number of amides is 2. The molecule has 0 radical (unpaired) electrons. The highest BCUT2D eigenvalue weighted by Crippen LogP contribution is 2.34. The van der Waals surface area contributed by atoms with Gasteiger partial charge in [0.15, 0.2) is 5.69 Å². The summed E-state index contributed by atoms with van der Waals surface area (Å²) < 4.78 is 79.5. The molecule has 1 unspecified atom stereocenters. The average molecular weight is 597 g/mol. The van der Waals surface area contributed by atoms with Crippen molar-refractivity contribution in [3.05, 3.63) is 94.7 Å². The third-order valence-electron chi connectivity index (χ3n) is 5.92. The number of anilines is 2. The Balaban J connectivity index is 1.52. The number of aromatic nitrogens is 4. The Morgan fingerprint density at radius 3 is 2.15 bits per heavy atom. The molecule has 41 heavy (non-hydrogen) atoms. The van der Waals surface area contributed by atoms with Gasteiger partial charge < -0.3 is 5.32 Å². The minimum atomic E-state index is -4.78. The molecular formula is C26H19ClF6N6O2. The van der Waals surface area contributed by atoms with E-state index in [2.05, 4.69) is 20.4 Å². The Morgan fingerprint density at radius 1 is 0.951 bits per heavy atom. The van der Waals surface area contributed by atoms with Crippen LogP contribution >= 0.6 is 11.6 Å². The quantitative estimate of drug-likeness (QED) is 0.261. The predicted molar refractivity (Wildman–Crippen MR) is 137 cm³/mol. The van der Waals surface area contributed by atoms with Crippen molar-refractivity contribution in [2.75, 3.05) is 17.3 Å². The molecule has 0 fully saturated rings. The number of carbonyl (C=O) groups is 2. The van der Waals surface area contributed by atoms with Gasteiger partial charge in [-0.05, 0) is 49.4 Å². The van der Waals surface area contributed by atoms with Crippen LogP contribution in [0, 0.1) is 0 Å². The highest BCUT2D eigenvalue weighted by atomic mass is 35.5. The van der Waals surface area contributed by atoms with E-state index in [0.717, 1.165) is 39.9 Å². The summed E-state index contributed by atoms with van der Waals surface area (Å²) in [5.41, 5.74) is -1.58. The van der Waals surface area contributed by atoms with E-state index < -0.39 is 41.3 Å². The van der Waals surface area contributed by atoms with Crippen LogP contribution in [0.4, 0.5) is 37.8 Å². The maximum atomic E-state index is 13.5. The molecule has 0 saturated heterocycles. The normalized spacial score (nSPS) is 12.6. The summed E-state index contributed by atoms with van der Waals surface area (Å²) in [4.78, 5) is 34.6. The maximum absolute atomic E-state index is 13.5. The fourth-order valence-electron chi connectivity index (χ4n) is 3.70. The Hall–Kier alpha value is -4.46. The largest absolute Gasteiger partial charge is 0.435 e. The maximum Gasteiger partial charge on any atom is 0.435 e. The number of carbonyl (C=O) groups excluding carboxylic acids is 2. The summed E-state index contributed by atoms with van der Waals surface area (Å²) in [5.74, 6) is -2.89. The van der Waals surface area contributed by atoms with Crippen molar-refractivity contribution in [3.8, 4) is 5.69 Å². The van der Waals surface area contributed by atoms with Gasteiger partial charge in [-0.3, -0.25) is 14.5 Å². The first-order chi connectivity index (χ1) is 19.1. The number of rotatable bonds is 6. The number of nitrogens with one attached hydrogen (secondary N) is 1. The lowest BCUT2D eigenvalue weighted by atomic mass is 10.0. The zero-order valence-corrected chi connectivity index (χ0v) is 21.9. The number of nitrogens with zero attached hydrogens (tertiary/aromatic N) is 5. The van der Waals surface area contributed by atoms with Crippen molar-refractivity contribution in [2.24, 2.45) is 0 Å². The van der Waals surface area contributed by atoms with E-state index >= 15 is 0 Å². The molecule has 0 aliphatic heterocycles. The lowest BCUT2D eigenvalue weighted by molar-refractivity contribution is -0.141. The zero-order valence-electron chi connectivity index (χ0n) is 21.1. The summed E-state index contributed by atoms with van der Waals surface area (Å²) >= 11 is 5.99. The van der Waals surface area contributed by atoms with Gasteiger partial charge in [-0.25, -0.2) is 14.6 Å². The van der Waals surface area contributed by atoms with Crippen LogP contribution in [0.15, 0.2) is 67.0 Å². The molecule has 0 aliphatic rings. The second-order valence-corrected chi connectivity index (χ2v) is 9.20. The minimum Gasteiger partial charge on any atom is -0.319 e. The Kier molecular flexibility index (Phi) is 8.06. The molecule has 1 atom stereocenters. The molecule has 1 N–H and O–H groups in total. The molecule has 214 valence electrons. The highest BCUT2D eigenvalue weighted by molar-refractivity contribution is 6.30. The molecule has 0 saturated carbocycles. The molecule has 2 aromatic heterocycles. The first kappa shape index (κ1) is 29.5. The van der Waals surface area contributed by atoms with Gasteiger partial charge in [0.2, 0.25) is 11.7 Å². The molecule has 0 aliphatic carbocycles. The molecule has 2 amide bonds. The molecule has 2 aromatic carbocycles. The van der Waals surface area contributed by atoms with E-state index in [0.29, 0.717) is 0 Å². The molecular weight excluding hydrogens is 578 g/mol. The lowest BCUT2D eigenvalue weighted by Gasteiger charge is -2.22. The summed E-state index contributed by atoms with van der Waals surface area (Å²) in [6, 6.07) is 10.4. The summed E-state index contributed by atoms with van der Waals surface area (Å²) in [6.45, 7) is 1.48. The van der Waals surface area contributed by atoms with Crippen molar-refractivity contribution in [2.45, 2.75) is 25.2 Å². The molecule has 0 spiro atoms. The van der Waals surface area contributed by atoms with E-state index in [4.69, 9.17) is 11.6 Å². The number of likely N-dealkylation sites (N-methyl/N-ethyl adjacent to an activating group) is 1. The van der Waals surface area contributed by atoms with Gasteiger partial charge in [-0.1, -0.05) is 17.7 Å². The van der Waals surface area contributed by atoms with E-state index in [9.17, 15) is 35.9 Å². The van der Waals surface area contributed by atoms with Crippen molar-refractivity contribution in [3.63, 3.8) is 0 Å². The smallest absolute Gasteiger partial charge is 0.319 e. The fourth-order valence-corrected chi connectivity index (χ4v) is 3.89. The van der Waals surface area contributed by atoms with Crippen LogP contribution in [-0.2, 0) is 17.1 Å². The molecule has 8 nitrogen and oxygen atoms in total. The van der Waals surface area contributed by atoms with Crippen LogP contribution in [0.3, 0.4) is 0 Å². The van der Waals surface area contributed by atoms with Crippen LogP contribution in [0.2, 0.25) is 5.02 Å². The van der Waals surface area contributed by atoms with Gasteiger partial charge >= 0.3 is 12.4 Å². The van der Waals surface area contributed by atoms with E-state index in [1.807, 2.05) is 0 Å². The Morgan fingerprint density at radius 2 is 1.59 bits per heavy atom.